The standard InChI is InChI=1S/C17H19BrN4O2/c1-13(24-15-5-2-4-14(18)12-15)16(23)21-8-10-22(11-9-21)17-19-6-3-7-20-17/h2-7,12-13H,8-11H2,1H3/t13-/m1/s1. The molecule has 0 saturated carbocycles. The van der Waals surface area contributed by atoms with Crippen molar-refractivity contribution in [3.05, 3.63) is 47.2 Å². The zero-order valence-electron chi connectivity index (χ0n) is 13.4. The highest BCUT2D eigenvalue weighted by Crippen LogP contribution is 2.19. The number of aromatic nitrogens is 2. The quantitative estimate of drug-likeness (QED) is 0.801. The number of carbonyl (C=O) groups is 1. The minimum atomic E-state index is -0.515. The van der Waals surface area contributed by atoms with Gasteiger partial charge in [-0.2, -0.15) is 0 Å². The van der Waals surface area contributed by atoms with Gasteiger partial charge in [0.25, 0.3) is 5.91 Å². The lowest BCUT2D eigenvalue weighted by atomic mass is 10.2. The maximum atomic E-state index is 12.6. The fourth-order valence-electron chi connectivity index (χ4n) is 2.63. The van der Waals surface area contributed by atoms with Crippen molar-refractivity contribution < 1.29 is 9.53 Å². The van der Waals surface area contributed by atoms with Crippen LogP contribution in [0.25, 0.3) is 0 Å². The van der Waals surface area contributed by atoms with Gasteiger partial charge in [-0.1, -0.05) is 22.0 Å². The average molecular weight is 391 g/mol. The highest BCUT2D eigenvalue weighted by molar-refractivity contribution is 9.10. The molecule has 0 N–H and O–H groups in total. The van der Waals surface area contributed by atoms with Gasteiger partial charge in [-0.25, -0.2) is 9.97 Å². The van der Waals surface area contributed by atoms with Crippen LogP contribution < -0.4 is 9.64 Å². The lowest BCUT2D eigenvalue weighted by Gasteiger charge is -2.35. The predicted octanol–water partition coefficient (Wildman–Crippen LogP) is 2.36. The van der Waals surface area contributed by atoms with Gasteiger partial charge < -0.3 is 14.5 Å². The van der Waals surface area contributed by atoms with E-state index in [-0.39, 0.29) is 5.91 Å². The van der Waals surface area contributed by atoms with Crippen LogP contribution in [0.4, 0.5) is 5.95 Å². The molecule has 1 aliphatic heterocycles. The Balaban J connectivity index is 1.55. The monoisotopic (exact) mass is 390 g/mol. The molecule has 0 bridgehead atoms. The van der Waals surface area contributed by atoms with Crippen molar-refractivity contribution >= 4 is 27.8 Å². The number of anilines is 1. The third-order valence-corrected chi connectivity index (χ3v) is 4.38. The van der Waals surface area contributed by atoms with E-state index in [1.165, 1.54) is 0 Å². The zero-order valence-corrected chi connectivity index (χ0v) is 15.0. The normalized spacial score (nSPS) is 15.9. The Hall–Kier alpha value is -2.15. The van der Waals surface area contributed by atoms with E-state index in [0.29, 0.717) is 24.8 Å². The molecule has 0 spiro atoms. The summed E-state index contributed by atoms with van der Waals surface area (Å²) >= 11 is 3.40. The van der Waals surface area contributed by atoms with Crippen molar-refractivity contribution in [2.45, 2.75) is 13.0 Å². The molecule has 1 saturated heterocycles. The molecule has 7 heteroatoms. The molecule has 24 heavy (non-hydrogen) atoms. The second kappa shape index (κ2) is 7.61. The zero-order chi connectivity index (χ0) is 16.9. The predicted molar refractivity (Wildman–Crippen MR) is 95.1 cm³/mol. The number of amides is 1. The van der Waals surface area contributed by atoms with Gasteiger partial charge in [0, 0.05) is 43.0 Å². The van der Waals surface area contributed by atoms with Crippen LogP contribution in [0.1, 0.15) is 6.92 Å². The summed E-state index contributed by atoms with van der Waals surface area (Å²) in [5, 5.41) is 0. The lowest BCUT2D eigenvalue weighted by molar-refractivity contribution is -0.138. The average Bonchev–Trinajstić information content (AvgIpc) is 2.62. The van der Waals surface area contributed by atoms with E-state index >= 15 is 0 Å². The van der Waals surface area contributed by atoms with Crippen molar-refractivity contribution in [2.24, 2.45) is 0 Å². The molecule has 1 amide bonds. The summed E-state index contributed by atoms with van der Waals surface area (Å²) in [7, 11) is 0. The maximum Gasteiger partial charge on any atom is 0.263 e. The molecule has 0 aliphatic carbocycles. The van der Waals surface area contributed by atoms with Crippen LogP contribution in [0.2, 0.25) is 0 Å². The van der Waals surface area contributed by atoms with Crippen LogP contribution in [0, 0.1) is 0 Å². The molecule has 3 rings (SSSR count). The van der Waals surface area contributed by atoms with Gasteiger partial charge in [0.2, 0.25) is 5.95 Å². The molecule has 126 valence electrons. The second-order valence-corrected chi connectivity index (χ2v) is 6.49. The Morgan fingerprint density at radius 3 is 2.54 bits per heavy atom. The molecule has 1 aromatic carbocycles. The number of hydrogen-bond acceptors (Lipinski definition) is 5. The molecular weight excluding hydrogens is 372 g/mol. The summed E-state index contributed by atoms with van der Waals surface area (Å²) in [5.41, 5.74) is 0. The van der Waals surface area contributed by atoms with Crippen LogP contribution in [0.3, 0.4) is 0 Å². The number of piperazine rings is 1. The number of carbonyl (C=O) groups excluding carboxylic acids is 1. The topological polar surface area (TPSA) is 58.6 Å². The van der Waals surface area contributed by atoms with Gasteiger partial charge in [0.05, 0.1) is 0 Å². The number of benzene rings is 1. The van der Waals surface area contributed by atoms with Crippen LogP contribution in [0.5, 0.6) is 5.75 Å². The van der Waals surface area contributed by atoms with Gasteiger partial charge in [-0.05, 0) is 31.2 Å². The highest BCUT2D eigenvalue weighted by Gasteiger charge is 2.26. The van der Waals surface area contributed by atoms with Crippen LogP contribution >= 0.6 is 15.9 Å². The molecule has 6 nitrogen and oxygen atoms in total. The van der Waals surface area contributed by atoms with E-state index in [2.05, 4.69) is 30.8 Å². The van der Waals surface area contributed by atoms with Crippen molar-refractivity contribution in [3.63, 3.8) is 0 Å². The van der Waals surface area contributed by atoms with Crippen LogP contribution in [-0.4, -0.2) is 53.1 Å². The first-order chi connectivity index (χ1) is 11.6. The number of halogens is 1. The maximum absolute atomic E-state index is 12.6. The number of hydrogen-bond donors (Lipinski definition) is 0. The van der Waals surface area contributed by atoms with Gasteiger partial charge in [-0.15, -0.1) is 0 Å². The first-order valence-electron chi connectivity index (χ1n) is 7.86. The van der Waals surface area contributed by atoms with Gasteiger partial charge in [0.1, 0.15) is 5.75 Å². The molecule has 0 unspecified atom stereocenters. The SMILES string of the molecule is C[C@@H](Oc1cccc(Br)c1)C(=O)N1CCN(c2ncccn2)CC1. The largest absolute Gasteiger partial charge is 0.481 e. The van der Waals surface area contributed by atoms with Gasteiger partial charge >= 0.3 is 0 Å². The summed E-state index contributed by atoms with van der Waals surface area (Å²) in [6, 6.07) is 9.30. The van der Waals surface area contributed by atoms with Crippen molar-refractivity contribution in [1.29, 1.82) is 0 Å². The third-order valence-electron chi connectivity index (χ3n) is 3.88. The molecular formula is C17H19BrN4O2. The van der Waals surface area contributed by atoms with Crippen molar-refractivity contribution in [3.8, 4) is 5.75 Å². The Kier molecular flexibility index (Phi) is 5.30. The van der Waals surface area contributed by atoms with E-state index in [1.54, 1.807) is 25.4 Å². The van der Waals surface area contributed by atoms with Crippen LogP contribution in [-0.2, 0) is 4.79 Å². The lowest BCUT2D eigenvalue weighted by Crippen LogP contribution is -2.52. The summed E-state index contributed by atoms with van der Waals surface area (Å²) in [6.07, 6.45) is 2.94. The molecule has 0 radical (unpaired) electrons. The molecule has 1 aromatic heterocycles. The fraction of sp³-hybridized carbons (Fsp3) is 0.353. The van der Waals surface area contributed by atoms with Crippen molar-refractivity contribution in [2.75, 3.05) is 31.1 Å². The smallest absolute Gasteiger partial charge is 0.263 e. The number of rotatable bonds is 4. The summed E-state index contributed by atoms with van der Waals surface area (Å²) in [5.74, 6) is 1.40. The highest BCUT2D eigenvalue weighted by atomic mass is 79.9. The first kappa shape index (κ1) is 16.7. The van der Waals surface area contributed by atoms with E-state index in [9.17, 15) is 4.79 Å². The fourth-order valence-corrected chi connectivity index (χ4v) is 3.01. The van der Waals surface area contributed by atoms with E-state index in [0.717, 1.165) is 17.6 Å². The molecule has 1 aliphatic rings. The number of ether oxygens (including phenoxy) is 1. The third kappa shape index (κ3) is 4.03. The minimum absolute atomic E-state index is 0.00334. The second-order valence-electron chi connectivity index (χ2n) is 5.58. The van der Waals surface area contributed by atoms with Crippen molar-refractivity contribution in [1.82, 2.24) is 14.9 Å². The summed E-state index contributed by atoms with van der Waals surface area (Å²) < 4.78 is 6.69. The summed E-state index contributed by atoms with van der Waals surface area (Å²) in [4.78, 5) is 25.0. The molecule has 2 aromatic rings. The Morgan fingerprint density at radius 1 is 1.17 bits per heavy atom. The summed E-state index contributed by atoms with van der Waals surface area (Å²) in [6.45, 7) is 4.52. The van der Waals surface area contributed by atoms with Crippen LogP contribution in [0.15, 0.2) is 47.2 Å². The Bertz CT molecular complexity index is 690. The minimum Gasteiger partial charge on any atom is -0.481 e. The Labute approximate surface area is 149 Å². The first-order valence-corrected chi connectivity index (χ1v) is 8.66. The molecule has 1 fully saturated rings. The number of nitrogens with zero attached hydrogens (tertiary/aromatic N) is 4. The van der Waals surface area contributed by atoms with E-state index in [1.807, 2.05) is 29.2 Å². The van der Waals surface area contributed by atoms with E-state index < -0.39 is 6.10 Å². The molecule has 2 heterocycles. The molecule has 1 atom stereocenters. The van der Waals surface area contributed by atoms with E-state index in [4.69, 9.17) is 4.74 Å². The van der Waals surface area contributed by atoms with Gasteiger partial charge in [0.15, 0.2) is 6.10 Å². The van der Waals surface area contributed by atoms with Gasteiger partial charge in [-0.3, -0.25) is 4.79 Å². The Morgan fingerprint density at radius 2 is 1.88 bits per heavy atom.